The molecule has 0 bridgehead atoms. The number of carbonyl (C=O) groups excluding carboxylic acids is 5. The summed E-state index contributed by atoms with van der Waals surface area (Å²) in [6, 6.07) is 2.04. The number of aromatic nitrogens is 1. The predicted octanol–water partition coefficient (Wildman–Crippen LogP) is -2.84. The number of aromatic amines is 1. The maximum atomic E-state index is 13.5. The Morgan fingerprint density at radius 3 is 1.98 bits per heavy atom. The lowest BCUT2D eigenvalue weighted by Crippen LogP contribution is -2.57. The van der Waals surface area contributed by atoms with Crippen molar-refractivity contribution >= 4 is 52.4 Å². The van der Waals surface area contributed by atoms with Gasteiger partial charge in [0.1, 0.15) is 18.1 Å². The highest BCUT2D eigenvalue weighted by Crippen LogP contribution is 2.19. The van der Waals surface area contributed by atoms with Gasteiger partial charge in [-0.3, -0.25) is 29.0 Å². The van der Waals surface area contributed by atoms with E-state index in [2.05, 4.69) is 25.9 Å². The number of carboxylic acid groups (broad SMARTS) is 1. The van der Waals surface area contributed by atoms with Crippen LogP contribution in [0.3, 0.4) is 0 Å². The Hall–Kier alpha value is -5.19. The van der Waals surface area contributed by atoms with Crippen LogP contribution in [-0.2, 0) is 35.2 Å². The number of aliphatic imine (C=N–C) groups is 1. The van der Waals surface area contributed by atoms with E-state index in [4.69, 9.17) is 28.7 Å². The van der Waals surface area contributed by atoms with Crippen LogP contribution in [0.4, 0.5) is 0 Å². The molecule has 1 aromatic carbocycles. The number of nitrogens with two attached hydrogens (primary N) is 5. The van der Waals surface area contributed by atoms with Gasteiger partial charge in [0.15, 0.2) is 5.96 Å². The van der Waals surface area contributed by atoms with Gasteiger partial charge in [-0.25, -0.2) is 4.79 Å². The molecule has 0 aliphatic heterocycles. The number of para-hydroxylation sites is 1. The van der Waals surface area contributed by atoms with Gasteiger partial charge in [-0.05, 0) is 37.3 Å². The van der Waals surface area contributed by atoms with Crippen LogP contribution in [0.15, 0.2) is 35.5 Å². The van der Waals surface area contributed by atoms with Gasteiger partial charge in [0, 0.05) is 42.9 Å². The van der Waals surface area contributed by atoms with E-state index in [0.717, 1.165) is 10.9 Å². The summed E-state index contributed by atoms with van der Waals surface area (Å²) in [4.78, 5) is 81.0. The lowest BCUT2D eigenvalue weighted by Gasteiger charge is -2.25. The molecule has 4 atom stereocenters. The smallest absolute Gasteiger partial charge is 0.326 e. The van der Waals surface area contributed by atoms with Crippen molar-refractivity contribution < 1.29 is 33.9 Å². The first-order valence-corrected chi connectivity index (χ1v) is 13.8. The van der Waals surface area contributed by atoms with E-state index < -0.39 is 59.7 Å². The number of primary amides is 2. The Labute approximate surface area is 252 Å². The van der Waals surface area contributed by atoms with E-state index >= 15 is 0 Å². The molecule has 17 heteroatoms. The zero-order chi connectivity index (χ0) is 32.8. The molecule has 0 spiro atoms. The Bertz CT molecular complexity index is 1370. The zero-order valence-electron chi connectivity index (χ0n) is 24.1. The van der Waals surface area contributed by atoms with Crippen LogP contribution in [0.25, 0.3) is 10.9 Å². The van der Waals surface area contributed by atoms with E-state index in [9.17, 15) is 33.9 Å². The molecular weight excluding hydrogens is 576 g/mol. The number of fused-ring (bicyclic) bond motifs is 1. The highest BCUT2D eigenvalue weighted by molar-refractivity contribution is 5.95. The fourth-order valence-electron chi connectivity index (χ4n) is 4.30. The number of rotatable bonds is 19. The van der Waals surface area contributed by atoms with Gasteiger partial charge >= 0.3 is 5.97 Å². The summed E-state index contributed by atoms with van der Waals surface area (Å²) >= 11 is 0. The lowest BCUT2D eigenvalue weighted by molar-refractivity contribution is -0.142. The predicted molar refractivity (Wildman–Crippen MR) is 160 cm³/mol. The number of carboxylic acids is 1. The second-order valence-electron chi connectivity index (χ2n) is 10.2. The molecule has 1 aromatic heterocycles. The van der Waals surface area contributed by atoms with Crippen LogP contribution < -0.4 is 44.6 Å². The molecule has 4 unspecified atom stereocenters. The number of carbonyl (C=O) groups is 6. The van der Waals surface area contributed by atoms with Crippen molar-refractivity contribution in [1.29, 1.82) is 0 Å². The number of amides is 5. The van der Waals surface area contributed by atoms with Crippen molar-refractivity contribution in [1.82, 2.24) is 20.9 Å². The molecule has 240 valence electrons. The van der Waals surface area contributed by atoms with Gasteiger partial charge in [0.2, 0.25) is 29.5 Å². The molecular formula is C27H40N10O7. The number of hydrogen-bond acceptors (Lipinski definition) is 8. The number of H-pyrrole nitrogens is 1. The van der Waals surface area contributed by atoms with E-state index in [-0.39, 0.29) is 51.0 Å². The van der Waals surface area contributed by atoms with Gasteiger partial charge < -0.3 is 54.7 Å². The Balaban J connectivity index is 2.28. The molecule has 0 saturated carbocycles. The summed E-state index contributed by atoms with van der Waals surface area (Å²) in [5, 5.41) is 17.7. The van der Waals surface area contributed by atoms with Crippen LogP contribution >= 0.6 is 0 Å². The van der Waals surface area contributed by atoms with Crippen molar-refractivity contribution in [3.8, 4) is 0 Å². The largest absolute Gasteiger partial charge is 0.480 e. The summed E-state index contributed by atoms with van der Waals surface area (Å²) in [6.45, 7) is 0.232. The quantitative estimate of drug-likeness (QED) is 0.0438. The minimum Gasteiger partial charge on any atom is -0.480 e. The van der Waals surface area contributed by atoms with Gasteiger partial charge in [-0.15, -0.1) is 0 Å². The number of hydrogen-bond donors (Lipinski definition) is 10. The van der Waals surface area contributed by atoms with E-state index in [1.54, 1.807) is 18.3 Å². The molecule has 2 rings (SSSR count). The second-order valence-corrected chi connectivity index (χ2v) is 10.2. The van der Waals surface area contributed by atoms with Gasteiger partial charge in [-0.1, -0.05) is 18.2 Å². The van der Waals surface area contributed by atoms with Crippen molar-refractivity contribution in [2.24, 2.45) is 33.7 Å². The molecule has 0 aliphatic carbocycles. The van der Waals surface area contributed by atoms with Crippen molar-refractivity contribution in [3.63, 3.8) is 0 Å². The summed E-state index contributed by atoms with van der Waals surface area (Å²) in [5.41, 5.74) is 28.3. The first-order chi connectivity index (χ1) is 20.8. The topological polar surface area (TPSA) is 317 Å². The molecule has 1 heterocycles. The molecule has 15 N–H and O–H groups in total. The molecule has 5 amide bonds. The number of benzene rings is 1. The Morgan fingerprint density at radius 1 is 0.795 bits per heavy atom. The third kappa shape index (κ3) is 11.6. The monoisotopic (exact) mass is 616 g/mol. The van der Waals surface area contributed by atoms with Crippen LogP contribution in [0.1, 0.15) is 44.1 Å². The van der Waals surface area contributed by atoms with E-state index in [0.29, 0.717) is 12.0 Å². The van der Waals surface area contributed by atoms with Gasteiger partial charge in [0.05, 0.1) is 6.04 Å². The Morgan fingerprint density at radius 2 is 1.36 bits per heavy atom. The van der Waals surface area contributed by atoms with Crippen LogP contribution in [-0.4, -0.2) is 82.3 Å². The third-order valence-corrected chi connectivity index (χ3v) is 6.64. The van der Waals surface area contributed by atoms with Crippen molar-refractivity contribution in [2.75, 3.05) is 6.54 Å². The molecule has 0 saturated heterocycles. The highest BCUT2D eigenvalue weighted by atomic mass is 16.4. The molecule has 2 aromatic rings. The fourth-order valence-corrected chi connectivity index (χ4v) is 4.30. The number of nitrogens with one attached hydrogen (secondary N) is 4. The summed E-state index contributed by atoms with van der Waals surface area (Å²) < 4.78 is 0. The van der Waals surface area contributed by atoms with Gasteiger partial charge in [0.25, 0.3) is 0 Å². The summed E-state index contributed by atoms with van der Waals surface area (Å²) in [7, 11) is 0. The van der Waals surface area contributed by atoms with Crippen LogP contribution in [0, 0.1) is 0 Å². The SMILES string of the molecule is NC(=O)CCC(NC(=O)C(Cc1c[nH]c2ccccc12)NC(=O)C(CCC(N)=O)NC(=O)C(N)CCCN=C(N)N)C(=O)O. The molecule has 44 heavy (non-hydrogen) atoms. The minimum atomic E-state index is -1.47. The maximum Gasteiger partial charge on any atom is 0.326 e. The lowest BCUT2D eigenvalue weighted by atomic mass is 10.0. The second kappa shape index (κ2) is 17.1. The van der Waals surface area contributed by atoms with Crippen molar-refractivity contribution in [3.05, 3.63) is 36.0 Å². The standard InChI is InChI=1S/C27H40N10O7/c28-16(5-3-11-33-27(31)32)23(40)35-18(7-9-21(29)38)24(41)37-20(12-14-13-34-17-6-2-1-4-15(14)17)25(42)36-19(26(43)44)8-10-22(30)39/h1-2,4,6,13,16,18-20,34H,3,5,7-12,28H2,(H2,29,38)(H2,30,39)(H,35,40)(H,36,42)(H,37,41)(H,43,44)(H4,31,32,33). The van der Waals surface area contributed by atoms with E-state index in [1.807, 2.05) is 12.1 Å². The average Bonchev–Trinajstić information content (AvgIpc) is 3.36. The molecule has 0 fully saturated rings. The molecule has 17 nitrogen and oxygen atoms in total. The first kappa shape index (κ1) is 35.0. The third-order valence-electron chi connectivity index (χ3n) is 6.64. The molecule has 0 aliphatic rings. The van der Waals surface area contributed by atoms with Crippen LogP contribution in [0.5, 0.6) is 0 Å². The molecule has 0 radical (unpaired) electrons. The average molecular weight is 617 g/mol. The fraction of sp³-hybridized carbons (Fsp3) is 0.444. The number of nitrogens with zero attached hydrogens (tertiary/aromatic N) is 1. The first-order valence-electron chi connectivity index (χ1n) is 13.8. The normalized spacial score (nSPS) is 13.6. The van der Waals surface area contributed by atoms with Crippen LogP contribution in [0.2, 0.25) is 0 Å². The highest BCUT2D eigenvalue weighted by Gasteiger charge is 2.31. The maximum absolute atomic E-state index is 13.5. The minimum absolute atomic E-state index is 0.0788. The van der Waals surface area contributed by atoms with Gasteiger partial charge in [-0.2, -0.15) is 0 Å². The van der Waals surface area contributed by atoms with E-state index in [1.165, 1.54) is 0 Å². The zero-order valence-corrected chi connectivity index (χ0v) is 24.1. The Kier molecular flexibility index (Phi) is 13.6. The van der Waals surface area contributed by atoms with Crippen molar-refractivity contribution in [2.45, 2.75) is 69.1 Å². The summed E-state index contributed by atoms with van der Waals surface area (Å²) in [6.07, 6.45) is 1.07. The summed E-state index contributed by atoms with van der Waals surface area (Å²) in [5.74, 6) is -5.40. The number of guanidine groups is 1. The number of aliphatic carboxylic acids is 1.